The fourth-order valence-electron chi connectivity index (χ4n) is 11.1. The monoisotopic (exact) mass is 752 g/mol. The van der Waals surface area contributed by atoms with E-state index < -0.39 is 21.3 Å². The second-order valence-electron chi connectivity index (χ2n) is 16.3. The summed E-state index contributed by atoms with van der Waals surface area (Å²) in [6.07, 6.45) is 18.2. The third kappa shape index (κ3) is 5.53. The summed E-state index contributed by atoms with van der Waals surface area (Å²) in [6.45, 7) is 15.4. The Morgan fingerprint density at radius 2 is 1.29 bits per heavy atom. The summed E-state index contributed by atoms with van der Waals surface area (Å²) in [6, 6.07) is 29.0. The quantitative estimate of drug-likeness (QED) is 0.299. The summed E-state index contributed by atoms with van der Waals surface area (Å²) in [5, 5.41) is 0. The van der Waals surface area contributed by atoms with Gasteiger partial charge < -0.3 is 24.8 Å². The van der Waals surface area contributed by atoms with Gasteiger partial charge in [-0.1, -0.05) is 0 Å². The molecule has 3 aromatic rings. The maximum atomic E-state index is 2.85. The summed E-state index contributed by atoms with van der Waals surface area (Å²) in [7, 11) is 0. The number of allylic oxidation sites excluding steroid dienone is 6. The first-order valence-electron chi connectivity index (χ1n) is 18.2. The fraction of sp³-hybridized carbons (Fsp3) is 0.444. The van der Waals surface area contributed by atoms with Crippen LogP contribution in [-0.4, -0.2) is 3.21 Å². The van der Waals surface area contributed by atoms with Crippen LogP contribution in [0.3, 0.4) is 0 Å². The van der Waals surface area contributed by atoms with E-state index in [0.717, 1.165) is 17.8 Å². The van der Waals surface area contributed by atoms with Crippen LogP contribution >= 0.6 is 0 Å². The predicted octanol–water partition coefficient (Wildman–Crippen LogP) is 5.73. The Hall–Kier alpha value is -1.79. The molecule has 0 saturated heterocycles. The molecule has 5 aliphatic rings. The largest absolute Gasteiger partial charge is 1.00 e. The molecule has 2 saturated carbocycles. The third-order valence-electron chi connectivity index (χ3n) is 13.9. The number of halogens is 2. The molecule has 0 amide bonds. The van der Waals surface area contributed by atoms with Gasteiger partial charge in [0, 0.05) is 0 Å². The van der Waals surface area contributed by atoms with Crippen LogP contribution in [0.5, 0.6) is 0 Å². The van der Waals surface area contributed by atoms with Gasteiger partial charge in [-0.25, -0.2) is 0 Å². The summed E-state index contributed by atoms with van der Waals surface area (Å²) in [4.78, 5) is 0. The molecule has 0 aromatic heterocycles. The first-order valence-corrected chi connectivity index (χ1v) is 22.1. The SMILES string of the molecule is Cc1ccc([C](c2ccc(C)cc2)=[Zr+2]([CH]2C=CC=C2)[C]2(C)C3=C4Cc5ccccc5C4C4CCCCC4C3CC(C)C2(C)C)cc1.[Cl-].[Cl-]. The van der Waals surface area contributed by atoms with Gasteiger partial charge in [-0.2, -0.15) is 0 Å². The van der Waals surface area contributed by atoms with Crippen LogP contribution in [0.1, 0.15) is 99.1 Å². The normalized spacial score (nSPS) is 29.4. The molecule has 0 N–H and O–H groups in total. The Balaban J connectivity index is 0.00000201. The van der Waals surface area contributed by atoms with E-state index in [1.54, 1.807) is 14.3 Å². The summed E-state index contributed by atoms with van der Waals surface area (Å²) in [5.41, 5.74) is 13.0. The van der Waals surface area contributed by atoms with E-state index in [2.05, 4.69) is 139 Å². The molecule has 8 rings (SSSR count). The minimum atomic E-state index is -2.76. The molecule has 6 unspecified atom stereocenters. The molecule has 0 radical (unpaired) electrons. The van der Waals surface area contributed by atoms with E-state index in [9.17, 15) is 0 Å². The van der Waals surface area contributed by atoms with Crippen molar-refractivity contribution in [1.82, 2.24) is 0 Å². The zero-order valence-corrected chi connectivity index (χ0v) is 33.7. The molecule has 2 fully saturated rings. The van der Waals surface area contributed by atoms with Gasteiger partial charge in [0.2, 0.25) is 0 Å². The van der Waals surface area contributed by atoms with Crippen LogP contribution in [0, 0.1) is 42.9 Å². The Morgan fingerprint density at radius 1 is 0.729 bits per heavy atom. The number of hydrogen-bond donors (Lipinski definition) is 0. The van der Waals surface area contributed by atoms with Crippen molar-refractivity contribution >= 4 is 3.21 Å². The Kier molecular flexibility index (Phi) is 10.3. The molecule has 250 valence electrons. The smallest absolute Gasteiger partial charge is 1.00 e. The Morgan fingerprint density at radius 3 is 1.90 bits per heavy atom. The van der Waals surface area contributed by atoms with Crippen LogP contribution in [0.25, 0.3) is 0 Å². The molecule has 48 heavy (non-hydrogen) atoms. The van der Waals surface area contributed by atoms with E-state index in [-0.39, 0.29) is 33.4 Å². The van der Waals surface area contributed by atoms with Gasteiger partial charge in [0.05, 0.1) is 0 Å². The van der Waals surface area contributed by atoms with Crippen molar-refractivity contribution < 1.29 is 46.1 Å². The minimum Gasteiger partial charge on any atom is -1.00 e. The number of aryl methyl sites for hydroxylation is 2. The molecule has 3 heteroatoms. The van der Waals surface area contributed by atoms with E-state index >= 15 is 0 Å². The summed E-state index contributed by atoms with van der Waals surface area (Å²) in [5.74, 6) is 3.73. The molecular weight excluding hydrogens is 703 g/mol. The molecule has 3 aromatic carbocycles. The molecule has 5 aliphatic carbocycles. The maximum absolute atomic E-state index is 2.85. The first-order chi connectivity index (χ1) is 22.2. The summed E-state index contributed by atoms with van der Waals surface area (Å²) >= 11 is -2.76. The maximum Gasteiger partial charge on any atom is -1.00 e. The van der Waals surface area contributed by atoms with Crippen molar-refractivity contribution in [3.63, 3.8) is 0 Å². The summed E-state index contributed by atoms with van der Waals surface area (Å²) < 4.78 is 2.46. The Bertz CT molecular complexity index is 1730. The van der Waals surface area contributed by atoms with Gasteiger partial charge in [-0.05, 0) is 0 Å². The van der Waals surface area contributed by atoms with Gasteiger partial charge in [-0.15, -0.1) is 0 Å². The van der Waals surface area contributed by atoms with E-state index in [4.69, 9.17) is 0 Å². The molecule has 0 heterocycles. The molecule has 0 spiro atoms. The molecule has 0 nitrogen and oxygen atoms in total. The van der Waals surface area contributed by atoms with E-state index in [1.807, 2.05) is 11.1 Å². The van der Waals surface area contributed by atoms with Crippen molar-refractivity contribution in [3.8, 4) is 0 Å². The molecule has 0 bridgehead atoms. The van der Waals surface area contributed by atoms with Crippen LogP contribution in [0.2, 0.25) is 6.75 Å². The first kappa shape index (κ1) is 36.0. The zero-order chi connectivity index (χ0) is 31.8. The number of fused-ring (bicyclic) bond motifs is 7. The van der Waals surface area contributed by atoms with Crippen molar-refractivity contribution in [2.45, 2.75) is 92.7 Å². The average molecular weight is 755 g/mol. The topological polar surface area (TPSA) is 0 Å². The second kappa shape index (κ2) is 13.7. The molecule has 6 atom stereocenters. The van der Waals surface area contributed by atoms with Gasteiger partial charge in [0.15, 0.2) is 0 Å². The van der Waals surface area contributed by atoms with E-state index in [0.29, 0.717) is 15.5 Å². The van der Waals surface area contributed by atoms with Crippen molar-refractivity contribution in [2.75, 3.05) is 0 Å². The minimum absolute atomic E-state index is 0. The average Bonchev–Trinajstić information content (AvgIpc) is 3.72. The van der Waals surface area contributed by atoms with Gasteiger partial charge in [0.1, 0.15) is 0 Å². The Labute approximate surface area is 310 Å². The van der Waals surface area contributed by atoms with Crippen LogP contribution in [-0.2, 0) is 27.7 Å². The van der Waals surface area contributed by atoms with Crippen molar-refractivity contribution in [1.29, 1.82) is 0 Å². The van der Waals surface area contributed by atoms with Crippen LogP contribution < -0.4 is 24.8 Å². The van der Waals surface area contributed by atoms with Gasteiger partial charge in [0.25, 0.3) is 0 Å². The molecular formula is C45H52Cl2Zr. The van der Waals surface area contributed by atoms with Crippen LogP contribution in [0.15, 0.2) is 108 Å². The third-order valence-corrected chi connectivity index (χ3v) is 24.1. The number of rotatable bonds is 4. The number of benzene rings is 3. The van der Waals surface area contributed by atoms with E-state index in [1.165, 1.54) is 60.8 Å². The fourth-order valence-corrected chi connectivity index (χ4v) is 22.5. The standard InChI is InChI=1S/C25H33.C15H14.C5H5.2ClH.Zr/c1-15-13-21-19-11-7-8-12-20(19)24-18-10-6-5-9-17(18)14-22(24)23(21)16(2)25(15,3)4;1-12-3-7-14(8-4-12)11-15-9-5-13(2)6-10-15;1-2-4-5-3-1;;;/h5-6,9-10,15,19-21,24H,7-8,11-14H2,1-4H3;3-10H,1-2H3;1-5H;2*1H;/q;;;;;+2/p-2. The zero-order valence-electron chi connectivity index (χ0n) is 29.7. The number of hydrogen-bond acceptors (Lipinski definition) is 0. The van der Waals surface area contributed by atoms with Gasteiger partial charge >= 0.3 is 288 Å². The molecule has 0 aliphatic heterocycles. The predicted molar refractivity (Wildman–Crippen MR) is 192 cm³/mol. The van der Waals surface area contributed by atoms with Gasteiger partial charge in [-0.3, -0.25) is 0 Å². The van der Waals surface area contributed by atoms with Crippen molar-refractivity contribution in [3.05, 3.63) is 142 Å². The van der Waals surface area contributed by atoms with Crippen molar-refractivity contribution in [2.24, 2.45) is 29.1 Å². The van der Waals surface area contributed by atoms with Crippen LogP contribution in [0.4, 0.5) is 0 Å². The second-order valence-corrected chi connectivity index (χ2v) is 23.7.